The monoisotopic (exact) mass is 266 g/mol. The van der Waals surface area contributed by atoms with Crippen LogP contribution in [0.25, 0.3) is 0 Å². The number of rotatable bonds is 4. The number of ether oxygens (including phenoxy) is 2. The molecule has 19 heavy (non-hydrogen) atoms. The predicted molar refractivity (Wildman–Crippen MR) is 69.7 cm³/mol. The molecular weight excluding hydrogens is 244 g/mol. The summed E-state index contributed by atoms with van der Waals surface area (Å²) in [4.78, 5) is 0. The van der Waals surface area contributed by atoms with Crippen LogP contribution in [-0.2, 0) is 22.6 Å². The van der Waals surface area contributed by atoms with Crippen LogP contribution in [0.5, 0.6) is 0 Å². The minimum Gasteiger partial charge on any atom is -0.378 e. The summed E-state index contributed by atoms with van der Waals surface area (Å²) in [7, 11) is 0. The van der Waals surface area contributed by atoms with Crippen molar-refractivity contribution in [3.05, 3.63) is 12.2 Å². The summed E-state index contributed by atoms with van der Waals surface area (Å²) in [5.74, 6) is 1.01. The number of nitrogens with one attached hydrogen (secondary N) is 1. The number of hydrogen-bond donors (Lipinski definition) is 1. The highest BCUT2D eigenvalue weighted by molar-refractivity contribution is 4.94. The van der Waals surface area contributed by atoms with Crippen molar-refractivity contribution in [3.8, 4) is 0 Å². The van der Waals surface area contributed by atoms with Crippen molar-refractivity contribution in [2.75, 3.05) is 19.8 Å². The quantitative estimate of drug-likeness (QED) is 0.870. The molecule has 1 N–H and O–H groups in total. The van der Waals surface area contributed by atoms with Gasteiger partial charge in [0.05, 0.1) is 18.8 Å². The molecule has 2 saturated heterocycles. The van der Waals surface area contributed by atoms with Gasteiger partial charge in [-0.25, -0.2) is 0 Å². The summed E-state index contributed by atoms with van der Waals surface area (Å²) < 4.78 is 13.5. The van der Waals surface area contributed by atoms with Crippen LogP contribution in [0.1, 0.15) is 32.0 Å². The third-order valence-electron chi connectivity index (χ3n) is 4.15. The molecule has 2 unspecified atom stereocenters. The first-order valence-electron chi connectivity index (χ1n) is 7.13. The Labute approximate surface area is 113 Å². The molecule has 6 nitrogen and oxygen atoms in total. The number of nitrogens with zero attached hydrogens (tertiary/aromatic N) is 3. The number of aryl methyl sites for hydroxylation is 1. The Morgan fingerprint density at radius 3 is 3.26 bits per heavy atom. The van der Waals surface area contributed by atoms with E-state index in [0.717, 1.165) is 58.0 Å². The van der Waals surface area contributed by atoms with Crippen LogP contribution in [0.2, 0.25) is 0 Å². The SMILES string of the molecule is CCn1cnnc1CNC1CCOC2(CCOC2)C1. The summed E-state index contributed by atoms with van der Waals surface area (Å²) in [6.45, 7) is 6.19. The molecule has 2 aliphatic rings. The van der Waals surface area contributed by atoms with Crippen molar-refractivity contribution in [2.24, 2.45) is 0 Å². The highest BCUT2D eigenvalue weighted by Gasteiger charge is 2.40. The first-order valence-corrected chi connectivity index (χ1v) is 7.13. The molecule has 3 heterocycles. The number of aromatic nitrogens is 3. The molecule has 1 aromatic heterocycles. The lowest BCUT2D eigenvalue weighted by Gasteiger charge is -2.37. The lowest BCUT2D eigenvalue weighted by molar-refractivity contribution is -0.0895. The van der Waals surface area contributed by atoms with Gasteiger partial charge in [-0.3, -0.25) is 0 Å². The zero-order valence-corrected chi connectivity index (χ0v) is 11.5. The van der Waals surface area contributed by atoms with Crippen molar-refractivity contribution in [1.82, 2.24) is 20.1 Å². The van der Waals surface area contributed by atoms with E-state index in [9.17, 15) is 0 Å². The van der Waals surface area contributed by atoms with Crippen LogP contribution < -0.4 is 5.32 Å². The maximum Gasteiger partial charge on any atom is 0.146 e. The van der Waals surface area contributed by atoms with E-state index >= 15 is 0 Å². The largest absolute Gasteiger partial charge is 0.378 e. The smallest absolute Gasteiger partial charge is 0.146 e. The van der Waals surface area contributed by atoms with Gasteiger partial charge in [0.2, 0.25) is 0 Å². The predicted octanol–water partition coefficient (Wildman–Crippen LogP) is 0.726. The standard InChI is InChI=1S/C13H22N4O2/c1-2-17-10-15-16-12(17)8-14-11-3-5-19-13(7-11)4-6-18-9-13/h10-11,14H,2-9H2,1H3. The Balaban J connectivity index is 1.55. The van der Waals surface area contributed by atoms with E-state index in [4.69, 9.17) is 9.47 Å². The first-order chi connectivity index (χ1) is 9.31. The van der Waals surface area contributed by atoms with Crippen LogP contribution in [0.15, 0.2) is 6.33 Å². The Morgan fingerprint density at radius 2 is 2.47 bits per heavy atom. The van der Waals surface area contributed by atoms with E-state index in [1.165, 1.54) is 0 Å². The maximum absolute atomic E-state index is 5.94. The van der Waals surface area contributed by atoms with Crippen LogP contribution in [0, 0.1) is 0 Å². The summed E-state index contributed by atoms with van der Waals surface area (Å²) in [5.41, 5.74) is -0.0334. The molecule has 0 radical (unpaired) electrons. The van der Waals surface area contributed by atoms with Gasteiger partial charge in [0, 0.05) is 32.2 Å². The first kappa shape index (κ1) is 13.0. The molecule has 2 fully saturated rings. The van der Waals surface area contributed by atoms with Gasteiger partial charge in [-0.15, -0.1) is 10.2 Å². The topological polar surface area (TPSA) is 61.2 Å². The third-order valence-corrected chi connectivity index (χ3v) is 4.15. The minimum absolute atomic E-state index is 0.0334. The van der Waals surface area contributed by atoms with Gasteiger partial charge < -0.3 is 19.4 Å². The molecule has 2 atom stereocenters. The highest BCUT2D eigenvalue weighted by atomic mass is 16.6. The van der Waals surface area contributed by atoms with Gasteiger partial charge in [0.25, 0.3) is 0 Å². The lowest BCUT2D eigenvalue weighted by atomic mass is 9.90. The van der Waals surface area contributed by atoms with Gasteiger partial charge in [-0.05, 0) is 19.8 Å². The molecule has 0 aromatic carbocycles. The second-order valence-electron chi connectivity index (χ2n) is 5.44. The lowest BCUT2D eigenvalue weighted by Crippen LogP contribution is -2.47. The molecule has 1 aromatic rings. The van der Waals surface area contributed by atoms with Crippen molar-refractivity contribution < 1.29 is 9.47 Å². The van der Waals surface area contributed by atoms with Crippen LogP contribution >= 0.6 is 0 Å². The molecule has 1 spiro atoms. The Kier molecular flexibility index (Phi) is 3.81. The highest BCUT2D eigenvalue weighted by Crippen LogP contribution is 2.32. The van der Waals surface area contributed by atoms with Crippen molar-refractivity contribution in [2.45, 2.75) is 50.9 Å². The van der Waals surface area contributed by atoms with E-state index < -0.39 is 0 Å². The Bertz CT molecular complexity index is 415. The molecule has 0 aliphatic carbocycles. The van der Waals surface area contributed by atoms with Crippen LogP contribution in [0.3, 0.4) is 0 Å². The molecule has 3 rings (SSSR count). The average Bonchev–Trinajstić information content (AvgIpc) is 3.06. The van der Waals surface area contributed by atoms with E-state index in [2.05, 4.69) is 27.0 Å². The van der Waals surface area contributed by atoms with E-state index in [1.807, 2.05) is 0 Å². The van der Waals surface area contributed by atoms with Gasteiger partial charge in [-0.2, -0.15) is 0 Å². The fourth-order valence-electron chi connectivity index (χ4n) is 2.98. The summed E-state index contributed by atoms with van der Waals surface area (Å²) in [6.07, 6.45) is 4.90. The van der Waals surface area contributed by atoms with Crippen molar-refractivity contribution >= 4 is 0 Å². The Morgan fingerprint density at radius 1 is 1.53 bits per heavy atom. The molecule has 0 saturated carbocycles. The molecule has 6 heteroatoms. The zero-order chi connectivity index (χ0) is 13.1. The summed E-state index contributed by atoms with van der Waals surface area (Å²) in [6, 6.07) is 0.484. The second kappa shape index (κ2) is 5.56. The fourth-order valence-corrected chi connectivity index (χ4v) is 2.98. The fraction of sp³-hybridized carbons (Fsp3) is 0.846. The normalized spacial score (nSPS) is 31.1. The van der Waals surface area contributed by atoms with Gasteiger partial charge in [0.1, 0.15) is 12.2 Å². The van der Waals surface area contributed by atoms with E-state index in [-0.39, 0.29) is 5.60 Å². The number of hydrogen-bond acceptors (Lipinski definition) is 5. The van der Waals surface area contributed by atoms with E-state index in [0.29, 0.717) is 6.04 Å². The van der Waals surface area contributed by atoms with Gasteiger partial charge in [0.15, 0.2) is 0 Å². The molecular formula is C13H22N4O2. The Hall–Kier alpha value is -0.980. The van der Waals surface area contributed by atoms with E-state index in [1.54, 1.807) is 6.33 Å². The molecule has 0 amide bonds. The second-order valence-corrected chi connectivity index (χ2v) is 5.44. The third kappa shape index (κ3) is 2.80. The average molecular weight is 266 g/mol. The minimum atomic E-state index is -0.0334. The molecule has 106 valence electrons. The zero-order valence-electron chi connectivity index (χ0n) is 11.5. The van der Waals surface area contributed by atoms with Gasteiger partial charge >= 0.3 is 0 Å². The van der Waals surface area contributed by atoms with Crippen molar-refractivity contribution in [3.63, 3.8) is 0 Å². The summed E-state index contributed by atoms with van der Waals surface area (Å²) in [5, 5.41) is 11.7. The molecule has 2 aliphatic heterocycles. The van der Waals surface area contributed by atoms with Crippen LogP contribution in [0.4, 0.5) is 0 Å². The van der Waals surface area contributed by atoms with Crippen molar-refractivity contribution in [1.29, 1.82) is 0 Å². The molecule has 0 bridgehead atoms. The van der Waals surface area contributed by atoms with Crippen LogP contribution in [-0.4, -0.2) is 46.2 Å². The maximum atomic E-state index is 5.94. The summed E-state index contributed by atoms with van der Waals surface area (Å²) >= 11 is 0. The van der Waals surface area contributed by atoms with Gasteiger partial charge in [-0.1, -0.05) is 0 Å².